The van der Waals surface area contributed by atoms with Crippen LogP contribution in [0.1, 0.15) is 24.8 Å². The number of ether oxygens (including phenoxy) is 1. The molecule has 0 saturated heterocycles. The van der Waals surface area contributed by atoms with E-state index in [1.165, 1.54) is 0 Å². The van der Waals surface area contributed by atoms with E-state index in [4.69, 9.17) is 4.74 Å². The molecule has 0 radical (unpaired) electrons. The van der Waals surface area contributed by atoms with Crippen molar-refractivity contribution in [3.05, 3.63) is 42.0 Å². The van der Waals surface area contributed by atoms with Crippen molar-refractivity contribution in [3.8, 4) is 5.75 Å². The van der Waals surface area contributed by atoms with Crippen molar-refractivity contribution < 1.29 is 9.53 Å². The normalized spacial score (nSPS) is 18.4. The number of rotatable bonds is 4. The molecule has 0 fully saturated rings. The highest BCUT2D eigenvalue weighted by Crippen LogP contribution is 2.18. The summed E-state index contributed by atoms with van der Waals surface area (Å²) in [6, 6.07) is 7.76. The predicted molar refractivity (Wildman–Crippen MR) is 71.3 cm³/mol. The first-order valence-electron chi connectivity index (χ1n) is 6.35. The molecule has 1 unspecified atom stereocenters. The molecule has 1 amide bonds. The van der Waals surface area contributed by atoms with Gasteiger partial charge in [0.05, 0.1) is 7.11 Å². The van der Waals surface area contributed by atoms with E-state index in [0.717, 1.165) is 30.6 Å². The Hall–Kier alpha value is -1.77. The van der Waals surface area contributed by atoms with Crippen molar-refractivity contribution in [3.63, 3.8) is 0 Å². The second kappa shape index (κ2) is 6.24. The fourth-order valence-corrected chi connectivity index (χ4v) is 2.11. The van der Waals surface area contributed by atoms with Crippen LogP contribution in [0.4, 0.5) is 0 Å². The highest BCUT2D eigenvalue weighted by atomic mass is 16.5. The van der Waals surface area contributed by atoms with Gasteiger partial charge in [-0.1, -0.05) is 24.3 Å². The Morgan fingerprint density at radius 3 is 2.72 bits per heavy atom. The molecule has 0 spiro atoms. The third-order valence-corrected chi connectivity index (χ3v) is 3.27. The van der Waals surface area contributed by atoms with Crippen molar-refractivity contribution in [2.24, 2.45) is 5.92 Å². The van der Waals surface area contributed by atoms with Crippen LogP contribution in [0.5, 0.6) is 5.75 Å². The van der Waals surface area contributed by atoms with Gasteiger partial charge in [0.2, 0.25) is 5.91 Å². The van der Waals surface area contributed by atoms with Crippen LogP contribution >= 0.6 is 0 Å². The average molecular weight is 245 g/mol. The number of carbonyl (C=O) groups excluding carboxylic acids is 1. The lowest BCUT2D eigenvalue weighted by atomic mass is 9.93. The van der Waals surface area contributed by atoms with Crippen molar-refractivity contribution in [1.82, 2.24) is 5.32 Å². The minimum absolute atomic E-state index is 0.147. The van der Waals surface area contributed by atoms with Gasteiger partial charge in [-0.2, -0.15) is 0 Å². The number of hydrogen-bond acceptors (Lipinski definition) is 2. The number of nitrogens with one attached hydrogen (secondary N) is 1. The summed E-state index contributed by atoms with van der Waals surface area (Å²) in [5.41, 5.74) is 1.09. The summed E-state index contributed by atoms with van der Waals surface area (Å²) in [5.74, 6) is 1.14. The Morgan fingerprint density at radius 2 is 2.11 bits per heavy atom. The molecule has 2 rings (SSSR count). The van der Waals surface area contributed by atoms with Crippen LogP contribution in [0.25, 0.3) is 0 Å². The zero-order valence-electron chi connectivity index (χ0n) is 10.7. The largest absolute Gasteiger partial charge is 0.497 e. The molecule has 3 nitrogen and oxygen atoms in total. The van der Waals surface area contributed by atoms with E-state index in [9.17, 15) is 4.79 Å². The number of allylic oxidation sites excluding steroid dienone is 2. The van der Waals surface area contributed by atoms with Gasteiger partial charge in [-0.25, -0.2) is 0 Å². The quantitative estimate of drug-likeness (QED) is 0.828. The van der Waals surface area contributed by atoms with Crippen molar-refractivity contribution in [2.75, 3.05) is 7.11 Å². The molecule has 0 aliphatic heterocycles. The highest BCUT2D eigenvalue weighted by molar-refractivity contribution is 5.78. The van der Waals surface area contributed by atoms with E-state index in [-0.39, 0.29) is 11.8 Å². The standard InChI is InChI=1S/C15H19NO2/c1-18-14-9-7-12(8-10-14)11-16-15(17)13-5-3-2-4-6-13/h2-3,7-10,13H,4-6,11H2,1H3,(H,16,17). The Bertz CT molecular complexity index is 423. The minimum Gasteiger partial charge on any atom is -0.497 e. The first-order chi connectivity index (χ1) is 8.79. The SMILES string of the molecule is COc1ccc(CNC(=O)C2CC=CCC2)cc1. The Kier molecular flexibility index (Phi) is 4.40. The van der Waals surface area contributed by atoms with E-state index in [1.807, 2.05) is 24.3 Å². The molecule has 0 heterocycles. The maximum atomic E-state index is 11.9. The molecule has 1 aliphatic rings. The van der Waals surface area contributed by atoms with Crippen molar-refractivity contribution in [1.29, 1.82) is 0 Å². The number of hydrogen-bond donors (Lipinski definition) is 1. The van der Waals surface area contributed by atoms with Crippen molar-refractivity contribution >= 4 is 5.91 Å². The first-order valence-corrected chi connectivity index (χ1v) is 6.35. The fraction of sp³-hybridized carbons (Fsp3) is 0.400. The van der Waals surface area contributed by atoms with Gasteiger partial charge in [-0.05, 0) is 37.0 Å². The Balaban J connectivity index is 1.82. The maximum Gasteiger partial charge on any atom is 0.223 e. The zero-order chi connectivity index (χ0) is 12.8. The molecule has 0 bridgehead atoms. The summed E-state index contributed by atoms with van der Waals surface area (Å²) < 4.78 is 5.09. The highest BCUT2D eigenvalue weighted by Gasteiger charge is 2.17. The first kappa shape index (κ1) is 12.7. The molecule has 1 aliphatic carbocycles. The van der Waals surface area contributed by atoms with E-state index >= 15 is 0 Å². The van der Waals surface area contributed by atoms with Gasteiger partial charge >= 0.3 is 0 Å². The monoisotopic (exact) mass is 245 g/mol. The van der Waals surface area contributed by atoms with Crippen LogP contribution in [0.2, 0.25) is 0 Å². The van der Waals surface area contributed by atoms with Crippen LogP contribution in [-0.2, 0) is 11.3 Å². The van der Waals surface area contributed by atoms with Gasteiger partial charge in [-0.3, -0.25) is 4.79 Å². The molecule has 1 N–H and O–H groups in total. The van der Waals surface area contributed by atoms with Crippen LogP contribution in [0, 0.1) is 5.92 Å². The minimum atomic E-state index is 0.147. The topological polar surface area (TPSA) is 38.3 Å². The fourth-order valence-electron chi connectivity index (χ4n) is 2.11. The van der Waals surface area contributed by atoms with Gasteiger partial charge in [0.15, 0.2) is 0 Å². The number of amides is 1. The molecule has 1 atom stereocenters. The maximum absolute atomic E-state index is 11.9. The molecular formula is C15H19NO2. The number of carbonyl (C=O) groups is 1. The summed E-state index contributed by atoms with van der Waals surface area (Å²) in [6.07, 6.45) is 7.09. The van der Waals surface area contributed by atoms with Gasteiger partial charge < -0.3 is 10.1 Å². The number of methoxy groups -OCH3 is 1. The van der Waals surface area contributed by atoms with Gasteiger partial charge in [0.25, 0.3) is 0 Å². The molecule has 3 heteroatoms. The van der Waals surface area contributed by atoms with Gasteiger partial charge in [-0.15, -0.1) is 0 Å². The van der Waals surface area contributed by atoms with Crippen LogP contribution < -0.4 is 10.1 Å². The van der Waals surface area contributed by atoms with Crippen molar-refractivity contribution in [2.45, 2.75) is 25.8 Å². The summed E-state index contributed by atoms with van der Waals surface area (Å²) in [5, 5.41) is 2.99. The van der Waals surface area contributed by atoms with E-state index in [1.54, 1.807) is 7.11 Å². The predicted octanol–water partition coefficient (Wildman–Crippen LogP) is 2.67. The van der Waals surface area contributed by atoms with E-state index in [0.29, 0.717) is 6.54 Å². The molecule has 0 saturated carbocycles. The molecule has 96 valence electrons. The smallest absolute Gasteiger partial charge is 0.223 e. The third kappa shape index (κ3) is 3.36. The Labute approximate surface area is 108 Å². The van der Waals surface area contributed by atoms with E-state index < -0.39 is 0 Å². The van der Waals surface area contributed by atoms with E-state index in [2.05, 4.69) is 17.5 Å². The molecule has 0 aromatic heterocycles. The second-order valence-corrected chi connectivity index (χ2v) is 4.55. The van der Waals surface area contributed by atoms with Crippen LogP contribution in [0.3, 0.4) is 0 Å². The van der Waals surface area contributed by atoms with Crippen LogP contribution in [0.15, 0.2) is 36.4 Å². The van der Waals surface area contributed by atoms with Gasteiger partial charge in [0, 0.05) is 12.5 Å². The lowest BCUT2D eigenvalue weighted by Crippen LogP contribution is -2.30. The summed E-state index contributed by atoms with van der Waals surface area (Å²) >= 11 is 0. The second-order valence-electron chi connectivity index (χ2n) is 4.55. The lowest BCUT2D eigenvalue weighted by molar-refractivity contribution is -0.125. The Morgan fingerprint density at radius 1 is 1.33 bits per heavy atom. The summed E-state index contributed by atoms with van der Waals surface area (Å²) in [4.78, 5) is 11.9. The molecular weight excluding hydrogens is 226 g/mol. The van der Waals surface area contributed by atoms with Gasteiger partial charge in [0.1, 0.15) is 5.75 Å². The zero-order valence-corrected chi connectivity index (χ0v) is 10.7. The lowest BCUT2D eigenvalue weighted by Gasteiger charge is -2.17. The summed E-state index contributed by atoms with van der Waals surface area (Å²) in [6.45, 7) is 0.586. The molecule has 18 heavy (non-hydrogen) atoms. The third-order valence-electron chi connectivity index (χ3n) is 3.27. The summed E-state index contributed by atoms with van der Waals surface area (Å²) in [7, 11) is 1.65. The molecule has 1 aromatic rings. The average Bonchev–Trinajstić information content (AvgIpc) is 2.46. The van der Waals surface area contributed by atoms with Crippen LogP contribution in [-0.4, -0.2) is 13.0 Å². The number of benzene rings is 1. The molecule has 1 aromatic carbocycles.